The summed E-state index contributed by atoms with van der Waals surface area (Å²) in [6.07, 6.45) is -0.835. The molecule has 0 aromatic heterocycles. The maximum absolute atomic E-state index is 9.69. The highest BCUT2D eigenvalue weighted by Crippen LogP contribution is 2.26. The topological polar surface area (TPSA) is 20.2 Å². The van der Waals surface area contributed by atoms with Crippen LogP contribution in [-0.2, 0) is 0 Å². The first-order chi connectivity index (χ1) is 7.18. The van der Waals surface area contributed by atoms with E-state index in [2.05, 4.69) is 0 Å². The molecule has 0 heterocycles. The van der Waals surface area contributed by atoms with Crippen molar-refractivity contribution >= 4 is 34.0 Å². The molecule has 1 atom stereocenters. The quantitative estimate of drug-likeness (QED) is 0.795. The van der Waals surface area contributed by atoms with Gasteiger partial charge in [0, 0.05) is 0 Å². The number of alkyl halides is 2. The first-order valence-corrected chi connectivity index (χ1v) is 5.50. The Morgan fingerprint density at radius 2 is 1.60 bits per heavy atom. The van der Waals surface area contributed by atoms with Gasteiger partial charge in [-0.05, 0) is 22.4 Å². The second-order valence-electron chi connectivity index (χ2n) is 3.39. The molecule has 0 aliphatic rings. The second-order valence-corrected chi connectivity index (χ2v) is 4.55. The van der Waals surface area contributed by atoms with Crippen LogP contribution in [0.1, 0.15) is 11.7 Å². The first-order valence-electron chi connectivity index (χ1n) is 4.63. The van der Waals surface area contributed by atoms with Crippen molar-refractivity contribution in [1.82, 2.24) is 0 Å². The number of rotatable bonds is 2. The third kappa shape index (κ3) is 2.25. The van der Waals surface area contributed by atoms with Crippen molar-refractivity contribution in [3.63, 3.8) is 0 Å². The van der Waals surface area contributed by atoms with Gasteiger partial charge >= 0.3 is 0 Å². The fraction of sp³-hybridized carbons (Fsp3) is 0.167. The van der Waals surface area contributed by atoms with Crippen molar-refractivity contribution in [3.8, 4) is 0 Å². The summed E-state index contributed by atoms with van der Waals surface area (Å²) in [5.41, 5.74) is 0.740. The minimum absolute atomic E-state index is 0.740. The summed E-state index contributed by atoms with van der Waals surface area (Å²) >= 11 is 11.3. The van der Waals surface area contributed by atoms with Gasteiger partial charge in [0.2, 0.25) is 0 Å². The number of aliphatic hydroxyl groups excluding tert-OH is 1. The number of benzene rings is 2. The fourth-order valence-corrected chi connectivity index (χ4v) is 1.83. The van der Waals surface area contributed by atoms with Gasteiger partial charge in [-0.3, -0.25) is 0 Å². The van der Waals surface area contributed by atoms with Crippen molar-refractivity contribution in [2.75, 3.05) is 0 Å². The molecule has 0 aliphatic heterocycles. The summed E-state index contributed by atoms with van der Waals surface area (Å²) in [4.78, 5) is -0.800. The number of fused-ring (bicyclic) bond motifs is 1. The van der Waals surface area contributed by atoms with Crippen molar-refractivity contribution in [1.29, 1.82) is 0 Å². The molecule has 0 spiro atoms. The molecule has 0 saturated carbocycles. The van der Waals surface area contributed by atoms with Crippen molar-refractivity contribution in [3.05, 3.63) is 48.0 Å². The average Bonchev–Trinajstić information content (AvgIpc) is 2.27. The summed E-state index contributed by atoms with van der Waals surface area (Å²) in [6, 6.07) is 13.6. The Bertz CT molecular complexity index is 468. The summed E-state index contributed by atoms with van der Waals surface area (Å²) in [6.45, 7) is 0. The molecule has 15 heavy (non-hydrogen) atoms. The van der Waals surface area contributed by atoms with Gasteiger partial charge in [0.1, 0.15) is 10.9 Å². The Balaban J connectivity index is 2.47. The standard InChI is InChI=1S/C12H10Cl2O/c13-12(14)11(15)10-6-5-8-3-1-2-4-9(8)7-10/h1-7,11-12,15H. The SMILES string of the molecule is OC(c1ccc2ccccc2c1)C(Cl)Cl. The predicted octanol–water partition coefficient (Wildman–Crippen LogP) is 3.68. The minimum atomic E-state index is -0.835. The lowest BCUT2D eigenvalue weighted by Gasteiger charge is -2.12. The van der Waals surface area contributed by atoms with Gasteiger partial charge in [-0.15, -0.1) is 23.2 Å². The number of hydrogen-bond donors (Lipinski definition) is 1. The molecule has 3 heteroatoms. The van der Waals surface area contributed by atoms with Crippen LogP contribution >= 0.6 is 23.2 Å². The molecule has 1 nitrogen and oxygen atoms in total. The van der Waals surface area contributed by atoms with E-state index < -0.39 is 10.9 Å². The average molecular weight is 241 g/mol. The Hall–Kier alpha value is -0.760. The molecular formula is C12H10Cl2O. The molecule has 0 amide bonds. The van der Waals surface area contributed by atoms with E-state index in [1.165, 1.54) is 0 Å². The zero-order chi connectivity index (χ0) is 10.8. The number of aliphatic hydroxyl groups is 1. The van der Waals surface area contributed by atoms with Crippen molar-refractivity contribution in [2.45, 2.75) is 10.9 Å². The largest absolute Gasteiger partial charge is 0.386 e. The van der Waals surface area contributed by atoms with E-state index in [4.69, 9.17) is 23.2 Å². The Morgan fingerprint density at radius 1 is 0.933 bits per heavy atom. The molecule has 2 rings (SSSR count). The summed E-state index contributed by atoms with van der Waals surface area (Å²) in [5, 5.41) is 11.9. The molecule has 78 valence electrons. The molecule has 0 saturated heterocycles. The summed E-state index contributed by atoms with van der Waals surface area (Å²) in [7, 11) is 0. The lowest BCUT2D eigenvalue weighted by atomic mass is 10.0. The molecule has 2 aromatic rings. The van der Waals surface area contributed by atoms with Crippen LogP contribution < -0.4 is 0 Å². The lowest BCUT2D eigenvalue weighted by Crippen LogP contribution is -2.05. The van der Waals surface area contributed by atoms with E-state index in [1.807, 2.05) is 42.5 Å². The van der Waals surface area contributed by atoms with Gasteiger partial charge in [-0.25, -0.2) is 0 Å². The summed E-state index contributed by atoms with van der Waals surface area (Å²) < 4.78 is 0. The normalized spacial score (nSPS) is 13.3. The Labute approximate surface area is 98.2 Å². The van der Waals surface area contributed by atoms with Crippen LogP contribution in [0.15, 0.2) is 42.5 Å². The zero-order valence-corrected chi connectivity index (χ0v) is 9.41. The van der Waals surface area contributed by atoms with Crippen LogP contribution in [0, 0.1) is 0 Å². The maximum Gasteiger partial charge on any atom is 0.137 e. The molecule has 0 fully saturated rings. The van der Waals surface area contributed by atoms with Crippen LogP contribution in [0.3, 0.4) is 0 Å². The molecule has 1 unspecified atom stereocenters. The van der Waals surface area contributed by atoms with Crippen LogP contribution in [-0.4, -0.2) is 9.94 Å². The predicted molar refractivity (Wildman–Crippen MR) is 64.4 cm³/mol. The third-order valence-corrected chi connectivity index (χ3v) is 2.83. The van der Waals surface area contributed by atoms with Gasteiger partial charge in [0.25, 0.3) is 0 Å². The van der Waals surface area contributed by atoms with Gasteiger partial charge in [-0.2, -0.15) is 0 Å². The van der Waals surface area contributed by atoms with E-state index in [9.17, 15) is 5.11 Å². The van der Waals surface area contributed by atoms with Gasteiger partial charge in [0.15, 0.2) is 0 Å². The lowest BCUT2D eigenvalue weighted by molar-refractivity contribution is 0.193. The van der Waals surface area contributed by atoms with Crippen LogP contribution in [0.5, 0.6) is 0 Å². The van der Waals surface area contributed by atoms with Crippen LogP contribution in [0.2, 0.25) is 0 Å². The third-order valence-electron chi connectivity index (χ3n) is 2.35. The minimum Gasteiger partial charge on any atom is -0.386 e. The highest BCUT2D eigenvalue weighted by Gasteiger charge is 2.15. The fourth-order valence-electron chi connectivity index (χ4n) is 1.54. The summed E-state index contributed by atoms with van der Waals surface area (Å²) in [5.74, 6) is 0. The molecular weight excluding hydrogens is 231 g/mol. The highest BCUT2D eigenvalue weighted by molar-refractivity contribution is 6.44. The second kappa shape index (κ2) is 4.40. The molecule has 0 radical (unpaired) electrons. The molecule has 1 N–H and O–H groups in total. The van der Waals surface area contributed by atoms with Crippen LogP contribution in [0.4, 0.5) is 0 Å². The Morgan fingerprint density at radius 3 is 2.27 bits per heavy atom. The van der Waals surface area contributed by atoms with E-state index in [0.29, 0.717) is 0 Å². The number of halogens is 2. The van der Waals surface area contributed by atoms with Crippen molar-refractivity contribution < 1.29 is 5.11 Å². The zero-order valence-electron chi connectivity index (χ0n) is 7.90. The van der Waals surface area contributed by atoms with Gasteiger partial charge in [0.05, 0.1) is 0 Å². The molecule has 0 bridgehead atoms. The smallest absolute Gasteiger partial charge is 0.137 e. The van der Waals surface area contributed by atoms with Gasteiger partial charge in [-0.1, -0.05) is 36.4 Å². The van der Waals surface area contributed by atoms with E-state index in [0.717, 1.165) is 16.3 Å². The van der Waals surface area contributed by atoms with E-state index >= 15 is 0 Å². The van der Waals surface area contributed by atoms with Gasteiger partial charge < -0.3 is 5.11 Å². The van der Waals surface area contributed by atoms with Crippen LogP contribution in [0.25, 0.3) is 10.8 Å². The van der Waals surface area contributed by atoms with Crippen molar-refractivity contribution in [2.24, 2.45) is 0 Å². The monoisotopic (exact) mass is 240 g/mol. The van der Waals surface area contributed by atoms with E-state index in [-0.39, 0.29) is 0 Å². The van der Waals surface area contributed by atoms with E-state index in [1.54, 1.807) is 0 Å². The highest BCUT2D eigenvalue weighted by atomic mass is 35.5. The molecule has 2 aromatic carbocycles. The first kappa shape index (κ1) is 10.7. The Kier molecular flexibility index (Phi) is 3.15. The molecule has 0 aliphatic carbocycles. The number of hydrogen-bond acceptors (Lipinski definition) is 1. The maximum atomic E-state index is 9.69.